The molecule has 0 saturated heterocycles. The maximum atomic E-state index is 7.69. The minimum Gasteiger partial charge on any atom is -0.440 e. The molecule has 0 bridgehead atoms. The predicted molar refractivity (Wildman–Crippen MR) is 312 cm³/mol. The smallest absolute Gasteiger partial charge is 0.337 e. The van der Waals surface area contributed by atoms with E-state index in [-0.39, 0.29) is 28.5 Å². The van der Waals surface area contributed by atoms with Gasteiger partial charge in [-0.1, -0.05) is 186 Å². The molecule has 0 saturated carbocycles. The van der Waals surface area contributed by atoms with Crippen molar-refractivity contribution in [3.8, 4) is 39.3 Å². The number of benzene rings is 8. The molecule has 0 fully saturated rings. The van der Waals surface area contributed by atoms with Gasteiger partial charge in [-0.3, -0.25) is 4.90 Å². The van der Waals surface area contributed by atoms with Crippen molar-refractivity contribution in [2.24, 2.45) is 0 Å². The molecule has 0 amide bonds. The number of para-hydroxylation sites is 1. The minimum absolute atomic E-state index is 0.00388. The summed E-state index contributed by atoms with van der Waals surface area (Å²) in [5.41, 5.74) is 21.6. The molecule has 3 aromatic heterocycles. The third kappa shape index (κ3) is 6.80. The molecule has 0 spiro atoms. The number of furan rings is 1. The highest BCUT2D eigenvalue weighted by atomic mass is 16.4. The molecule has 0 N–H and O–H groups in total. The van der Waals surface area contributed by atoms with Crippen LogP contribution in [-0.4, -0.2) is 15.9 Å². The van der Waals surface area contributed by atoms with Gasteiger partial charge in [-0.25, -0.2) is 0 Å². The van der Waals surface area contributed by atoms with Crippen LogP contribution in [0.2, 0.25) is 0 Å². The Kier molecular flexibility index (Phi) is 9.64. The van der Waals surface area contributed by atoms with Crippen molar-refractivity contribution in [2.45, 2.75) is 105 Å². The molecule has 73 heavy (non-hydrogen) atoms. The molecule has 0 radical (unpaired) electrons. The van der Waals surface area contributed by atoms with Gasteiger partial charge in [0.1, 0.15) is 5.76 Å². The second-order valence-corrected chi connectivity index (χ2v) is 25.0. The maximum absolute atomic E-state index is 7.69. The zero-order valence-corrected chi connectivity index (χ0v) is 44.5. The standard InChI is InChI=1S/C68H64BN3O/c1-65(2,3)43-28-31-48(32-29-43)71-56-40-46(68(10,11)12)37-49-50-38-45(67(7,8)9)39-52-59-55(35-34-54-58(59)51-36-44(66(4,5)6)30-33-53(51)70(54)47-26-20-15-21-27-47)72(62(50)52)69(60(49)56)61-57(41-22-16-13-17-23-41)63(73-64(61)71)42-24-18-14-19-25-42/h13-40H,1-12H3. The Bertz CT molecular complexity index is 4030. The molecule has 0 atom stereocenters. The number of anilines is 3. The zero-order valence-electron chi connectivity index (χ0n) is 44.5. The topological polar surface area (TPSA) is 26.2 Å². The lowest BCUT2D eigenvalue weighted by Gasteiger charge is -2.40. The number of hydrogen-bond donors (Lipinski definition) is 0. The van der Waals surface area contributed by atoms with Crippen molar-refractivity contribution < 1.29 is 4.42 Å². The second-order valence-electron chi connectivity index (χ2n) is 25.0. The first kappa shape index (κ1) is 45.4. The van der Waals surface area contributed by atoms with Gasteiger partial charge in [-0.15, -0.1) is 0 Å². The van der Waals surface area contributed by atoms with Crippen molar-refractivity contribution in [2.75, 3.05) is 4.90 Å². The lowest BCUT2D eigenvalue weighted by atomic mass is 9.44. The molecular formula is C68H64BN3O. The van der Waals surface area contributed by atoms with E-state index in [9.17, 15) is 0 Å². The van der Waals surface area contributed by atoms with Crippen LogP contribution in [0, 0.1) is 0 Å². The fraction of sp³-hybridized carbons (Fsp3) is 0.235. The van der Waals surface area contributed by atoms with Crippen molar-refractivity contribution >= 4 is 78.6 Å². The molecule has 0 unspecified atom stereocenters. The average Bonchev–Trinajstić information content (AvgIpc) is 4.05. The number of hydrogen-bond acceptors (Lipinski definition) is 2. The van der Waals surface area contributed by atoms with Crippen LogP contribution in [0.15, 0.2) is 174 Å². The van der Waals surface area contributed by atoms with Gasteiger partial charge in [0.05, 0.1) is 11.0 Å². The van der Waals surface area contributed by atoms with E-state index in [0.717, 1.165) is 45.4 Å². The lowest BCUT2D eigenvalue weighted by Crippen LogP contribution is -2.56. The number of nitrogens with zero attached hydrogens (tertiary/aromatic N) is 3. The monoisotopic (exact) mass is 950 g/mol. The first-order chi connectivity index (χ1) is 34.8. The van der Waals surface area contributed by atoms with Gasteiger partial charge < -0.3 is 13.5 Å². The Morgan fingerprint density at radius 1 is 0.411 bits per heavy atom. The normalized spacial score (nSPS) is 13.7. The predicted octanol–water partition coefficient (Wildman–Crippen LogP) is 17.4. The lowest BCUT2D eigenvalue weighted by molar-refractivity contribution is 0.584. The summed E-state index contributed by atoms with van der Waals surface area (Å²) < 4.78 is 12.9. The molecule has 5 heteroatoms. The summed E-state index contributed by atoms with van der Waals surface area (Å²) >= 11 is 0. The van der Waals surface area contributed by atoms with Gasteiger partial charge in [0.15, 0.2) is 0 Å². The summed E-state index contributed by atoms with van der Waals surface area (Å²) in [6, 6.07) is 64.1. The Morgan fingerprint density at radius 2 is 0.932 bits per heavy atom. The van der Waals surface area contributed by atoms with E-state index >= 15 is 0 Å². The van der Waals surface area contributed by atoms with Crippen molar-refractivity contribution in [1.82, 2.24) is 9.05 Å². The molecule has 0 aliphatic carbocycles. The molecule has 5 heterocycles. The summed E-state index contributed by atoms with van der Waals surface area (Å²) in [6.45, 7) is 27.8. The quantitative estimate of drug-likeness (QED) is 0.164. The highest BCUT2D eigenvalue weighted by Crippen LogP contribution is 2.53. The summed E-state index contributed by atoms with van der Waals surface area (Å²) in [5, 5.41) is 5.16. The minimum atomic E-state index is -0.242. The third-order valence-corrected chi connectivity index (χ3v) is 16.1. The van der Waals surface area contributed by atoms with Gasteiger partial charge in [0.25, 0.3) is 0 Å². The van der Waals surface area contributed by atoms with Crippen molar-refractivity contribution in [3.63, 3.8) is 0 Å². The van der Waals surface area contributed by atoms with Crippen LogP contribution in [-0.2, 0) is 21.7 Å². The number of fused-ring (bicyclic) bond motifs is 11. The number of aromatic nitrogens is 2. The van der Waals surface area contributed by atoms with Crippen LogP contribution in [0.1, 0.15) is 105 Å². The first-order valence-electron chi connectivity index (χ1n) is 26.3. The van der Waals surface area contributed by atoms with Crippen LogP contribution >= 0.6 is 0 Å². The Labute approximate surface area is 431 Å². The zero-order chi connectivity index (χ0) is 50.7. The highest BCUT2D eigenvalue weighted by Gasteiger charge is 2.48. The van der Waals surface area contributed by atoms with E-state index in [1.807, 2.05) is 0 Å². The molecule has 13 rings (SSSR count). The Morgan fingerprint density at radius 3 is 1.56 bits per heavy atom. The van der Waals surface area contributed by atoms with Crippen molar-refractivity contribution in [1.29, 1.82) is 0 Å². The summed E-state index contributed by atoms with van der Waals surface area (Å²) in [4.78, 5) is 2.46. The fourth-order valence-corrected chi connectivity index (χ4v) is 12.2. The molecule has 2 aliphatic rings. The van der Waals surface area contributed by atoms with Crippen molar-refractivity contribution in [3.05, 3.63) is 192 Å². The number of rotatable bonds is 4. The van der Waals surface area contributed by atoms with Gasteiger partial charge in [0, 0.05) is 71.8 Å². The van der Waals surface area contributed by atoms with Gasteiger partial charge in [-0.05, 0) is 127 Å². The van der Waals surface area contributed by atoms with Crippen LogP contribution in [0.5, 0.6) is 0 Å². The summed E-state index contributed by atoms with van der Waals surface area (Å²) in [6.07, 6.45) is 0. The average molecular weight is 950 g/mol. The second kappa shape index (κ2) is 15.5. The van der Waals surface area contributed by atoms with E-state index in [0.29, 0.717) is 0 Å². The van der Waals surface area contributed by atoms with E-state index < -0.39 is 0 Å². The Balaban J connectivity index is 1.26. The molecule has 360 valence electrons. The molecule has 11 aromatic rings. The van der Waals surface area contributed by atoms with Gasteiger partial charge in [-0.2, -0.15) is 0 Å². The summed E-state index contributed by atoms with van der Waals surface area (Å²) in [5.74, 6) is 1.74. The van der Waals surface area contributed by atoms with E-state index in [2.05, 4.69) is 267 Å². The first-order valence-corrected chi connectivity index (χ1v) is 26.3. The highest BCUT2D eigenvalue weighted by molar-refractivity contribution is 6.91. The molecular weight excluding hydrogens is 886 g/mol. The van der Waals surface area contributed by atoms with Gasteiger partial charge >= 0.3 is 6.85 Å². The largest absolute Gasteiger partial charge is 0.440 e. The fourth-order valence-electron chi connectivity index (χ4n) is 12.2. The molecule has 8 aromatic carbocycles. The van der Waals surface area contributed by atoms with E-state index in [4.69, 9.17) is 4.42 Å². The Hall–Kier alpha value is -7.50. The molecule has 4 nitrogen and oxygen atoms in total. The third-order valence-electron chi connectivity index (χ3n) is 16.1. The van der Waals surface area contributed by atoms with E-state index in [1.54, 1.807) is 0 Å². The van der Waals surface area contributed by atoms with Crippen LogP contribution in [0.4, 0.5) is 17.3 Å². The maximum Gasteiger partial charge on any atom is 0.337 e. The molecule has 2 aliphatic heterocycles. The van der Waals surface area contributed by atoms with Crippen LogP contribution in [0.3, 0.4) is 0 Å². The van der Waals surface area contributed by atoms with Crippen LogP contribution in [0.25, 0.3) is 82.9 Å². The SMILES string of the molecule is CC(C)(C)c1ccc(N2c3cc(C(C)(C)C)cc4c3B(c3c2oc(-c2ccccc2)c3-c2ccccc2)n2c3ccc5c(c6cc(C(C)(C)C)ccc6n5-c5ccccc5)c3c3cc(C(C)(C)C)cc-4c32)cc1. The summed E-state index contributed by atoms with van der Waals surface area (Å²) in [7, 11) is 0. The van der Waals surface area contributed by atoms with Crippen LogP contribution < -0.4 is 15.8 Å². The van der Waals surface area contributed by atoms with E-state index in [1.165, 1.54) is 87.9 Å². The van der Waals surface area contributed by atoms with Gasteiger partial charge in [0.2, 0.25) is 5.88 Å².